The van der Waals surface area contributed by atoms with E-state index in [0.29, 0.717) is 25.2 Å². The Balaban J connectivity index is 1.74. The molecule has 0 saturated heterocycles. The summed E-state index contributed by atoms with van der Waals surface area (Å²) in [6.07, 6.45) is 6.61. The van der Waals surface area contributed by atoms with Crippen molar-refractivity contribution >= 4 is 17.7 Å². The van der Waals surface area contributed by atoms with Crippen molar-refractivity contribution in [3.05, 3.63) is 36.4 Å². The van der Waals surface area contributed by atoms with Crippen molar-refractivity contribution in [2.75, 3.05) is 11.9 Å². The van der Waals surface area contributed by atoms with Gasteiger partial charge in [0.05, 0.1) is 23.6 Å². The molecule has 2 aromatic rings. The summed E-state index contributed by atoms with van der Waals surface area (Å²) in [6.45, 7) is 1.11. The van der Waals surface area contributed by atoms with Crippen LogP contribution in [-0.2, 0) is 6.54 Å². The summed E-state index contributed by atoms with van der Waals surface area (Å²) in [6, 6.07) is 0.919. The van der Waals surface area contributed by atoms with Crippen LogP contribution in [0.2, 0.25) is 0 Å². The Morgan fingerprint density at radius 1 is 1.33 bits per heavy atom. The van der Waals surface area contributed by atoms with Gasteiger partial charge in [0.15, 0.2) is 0 Å². The third kappa shape index (κ3) is 4.56. The van der Waals surface area contributed by atoms with Gasteiger partial charge in [0, 0.05) is 25.5 Å². The number of aromatic carboxylic acids is 1. The molecule has 110 valence electrons. The SMILES string of the molecule is O=C(NCCCn1ccnn1)Nc1cncc(C(=O)O)c1. The molecule has 0 saturated carbocycles. The highest BCUT2D eigenvalue weighted by molar-refractivity contribution is 5.92. The maximum Gasteiger partial charge on any atom is 0.337 e. The van der Waals surface area contributed by atoms with Crippen LogP contribution in [0.1, 0.15) is 16.8 Å². The Morgan fingerprint density at radius 3 is 2.90 bits per heavy atom. The van der Waals surface area contributed by atoms with Gasteiger partial charge >= 0.3 is 12.0 Å². The summed E-state index contributed by atoms with van der Waals surface area (Å²) in [5.41, 5.74) is 0.336. The lowest BCUT2D eigenvalue weighted by Crippen LogP contribution is -2.30. The van der Waals surface area contributed by atoms with Crippen molar-refractivity contribution in [3.8, 4) is 0 Å². The molecular formula is C12H14N6O3. The molecule has 0 aliphatic heterocycles. The van der Waals surface area contributed by atoms with Crippen LogP contribution in [0.25, 0.3) is 0 Å². The Kier molecular flexibility index (Phi) is 4.80. The highest BCUT2D eigenvalue weighted by Crippen LogP contribution is 2.07. The highest BCUT2D eigenvalue weighted by atomic mass is 16.4. The number of pyridine rings is 1. The third-order valence-electron chi connectivity index (χ3n) is 2.56. The molecule has 2 heterocycles. The van der Waals surface area contributed by atoms with E-state index in [1.807, 2.05) is 0 Å². The fraction of sp³-hybridized carbons (Fsp3) is 0.250. The summed E-state index contributed by atoms with van der Waals surface area (Å²) in [7, 11) is 0. The molecule has 2 rings (SSSR count). The number of aromatic nitrogens is 4. The van der Waals surface area contributed by atoms with E-state index in [1.54, 1.807) is 17.1 Å². The van der Waals surface area contributed by atoms with E-state index in [4.69, 9.17) is 5.11 Å². The summed E-state index contributed by atoms with van der Waals surface area (Å²) in [5, 5.41) is 21.5. The normalized spacial score (nSPS) is 10.1. The Labute approximate surface area is 120 Å². The number of carboxylic acid groups (broad SMARTS) is 1. The minimum atomic E-state index is -1.10. The van der Waals surface area contributed by atoms with E-state index in [9.17, 15) is 9.59 Å². The third-order valence-corrected chi connectivity index (χ3v) is 2.56. The predicted octanol–water partition coefficient (Wildman–Crippen LogP) is 0.583. The molecule has 0 aliphatic rings. The van der Waals surface area contributed by atoms with Gasteiger partial charge < -0.3 is 15.7 Å². The molecule has 0 unspecified atom stereocenters. The molecule has 0 radical (unpaired) electrons. The number of carboxylic acids is 1. The number of hydrogen-bond donors (Lipinski definition) is 3. The van der Waals surface area contributed by atoms with Gasteiger partial charge in [0.2, 0.25) is 0 Å². The van der Waals surface area contributed by atoms with Crippen molar-refractivity contribution in [1.82, 2.24) is 25.3 Å². The van der Waals surface area contributed by atoms with Crippen molar-refractivity contribution in [3.63, 3.8) is 0 Å². The van der Waals surface area contributed by atoms with E-state index in [2.05, 4.69) is 25.9 Å². The van der Waals surface area contributed by atoms with E-state index >= 15 is 0 Å². The van der Waals surface area contributed by atoms with Crippen molar-refractivity contribution < 1.29 is 14.7 Å². The van der Waals surface area contributed by atoms with Crippen LogP contribution in [0.3, 0.4) is 0 Å². The van der Waals surface area contributed by atoms with Crippen molar-refractivity contribution in [2.45, 2.75) is 13.0 Å². The quantitative estimate of drug-likeness (QED) is 0.669. The molecule has 0 spiro atoms. The number of rotatable bonds is 6. The number of nitrogens with zero attached hydrogens (tertiary/aromatic N) is 4. The van der Waals surface area contributed by atoms with Crippen LogP contribution in [0.4, 0.5) is 10.5 Å². The van der Waals surface area contributed by atoms with Gasteiger partial charge in [-0.25, -0.2) is 9.59 Å². The van der Waals surface area contributed by atoms with Crippen LogP contribution in [0.15, 0.2) is 30.9 Å². The van der Waals surface area contributed by atoms with E-state index in [0.717, 1.165) is 0 Å². The zero-order chi connectivity index (χ0) is 15.1. The number of carbonyl (C=O) groups is 2. The molecule has 3 N–H and O–H groups in total. The van der Waals surface area contributed by atoms with Gasteiger partial charge in [-0.2, -0.15) is 0 Å². The maximum absolute atomic E-state index is 11.6. The molecular weight excluding hydrogens is 276 g/mol. The first-order valence-corrected chi connectivity index (χ1v) is 6.22. The Bertz CT molecular complexity index is 613. The van der Waals surface area contributed by atoms with Gasteiger partial charge in [0.25, 0.3) is 0 Å². The first kappa shape index (κ1) is 14.4. The second-order valence-corrected chi connectivity index (χ2v) is 4.17. The first-order valence-electron chi connectivity index (χ1n) is 6.22. The van der Waals surface area contributed by atoms with Crippen molar-refractivity contribution in [2.24, 2.45) is 0 Å². The lowest BCUT2D eigenvalue weighted by molar-refractivity contribution is 0.0696. The molecule has 2 aromatic heterocycles. The number of nitrogens with one attached hydrogen (secondary N) is 2. The fourth-order valence-corrected chi connectivity index (χ4v) is 1.60. The zero-order valence-corrected chi connectivity index (χ0v) is 11.1. The summed E-state index contributed by atoms with van der Waals surface area (Å²) < 4.78 is 1.67. The predicted molar refractivity (Wildman–Crippen MR) is 72.9 cm³/mol. The van der Waals surface area contributed by atoms with E-state index in [1.165, 1.54) is 18.5 Å². The summed E-state index contributed by atoms with van der Waals surface area (Å²) in [4.78, 5) is 26.2. The molecule has 9 nitrogen and oxygen atoms in total. The van der Waals surface area contributed by atoms with E-state index in [-0.39, 0.29) is 5.56 Å². The monoisotopic (exact) mass is 290 g/mol. The molecule has 0 atom stereocenters. The average Bonchev–Trinajstić information content (AvgIpc) is 2.97. The highest BCUT2D eigenvalue weighted by Gasteiger charge is 2.06. The van der Waals surface area contributed by atoms with Gasteiger partial charge in [0.1, 0.15) is 0 Å². The average molecular weight is 290 g/mol. The van der Waals surface area contributed by atoms with Gasteiger partial charge in [-0.3, -0.25) is 9.67 Å². The number of urea groups is 1. The van der Waals surface area contributed by atoms with Gasteiger partial charge in [-0.05, 0) is 12.5 Å². The topological polar surface area (TPSA) is 122 Å². The smallest absolute Gasteiger partial charge is 0.337 e. The molecule has 9 heteroatoms. The largest absolute Gasteiger partial charge is 0.478 e. The molecule has 21 heavy (non-hydrogen) atoms. The molecule has 0 aliphatic carbocycles. The van der Waals surface area contributed by atoms with Gasteiger partial charge in [-0.15, -0.1) is 5.10 Å². The minimum absolute atomic E-state index is 0.0129. The lowest BCUT2D eigenvalue weighted by Gasteiger charge is -2.07. The number of anilines is 1. The lowest BCUT2D eigenvalue weighted by atomic mass is 10.3. The second kappa shape index (κ2) is 6.98. The number of amides is 2. The number of hydrogen-bond acceptors (Lipinski definition) is 5. The van der Waals surface area contributed by atoms with E-state index < -0.39 is 12.0 Å². The molecule has 0 bridgehead atoms. The van der Waals surface area contributed by atoms with Crippen LogP contribution in [0.5, 0.6) is 0 Å². The molecule has 0 aromatic carbocycles. The second-order valence-electron chi connectivity index (χ2n) is 4.17. The summed E-state index contributed by atoms with van der Waals surface area (Å²) >= 11 is 0. The van der Waals surface area contributed by atoms with Crippen molar-refractivity contribution in [1.29, 1.82) is 0 Å². The first-order chi connectivity index (χ1) is 10.1. The number of aryl methyl sites for hydroxylation is 1. The standard InChI is InChI=1S/C12H14N6O3/c19-11(20)9-6-10(8-13-7-9)16-12(21)14-2-1-4-18-5-3-15-17-18/h3,5-8H,1-2,4H2,(H,19,20)(H2,14,16,21). The van der Waals surface area contributed by atoms with Crippen LogP contribution >= 0.6 is 0 Å². The molecule has 0 fully saturated rings. The maximum atomic E-state index is 11.6. The zero-order valence-electron chi connectivity index (χ0n) is 11.1. The minimum Gasteiger partial charge on any atom is -0.478 e. The Hall–Kier alpha value is -2.97. The van der Waals surface area contributed by atoms with Crippen LogP contribution < -0.4 is 10.6 Å². The Morgan fingerprint density at radius 2 is 2.19 bits per heavy atom. The van der Waals surface area contributed by atoms with Gasteiger partial charge in [-0.1, -0.05) is 5.21 Å². The fourth-order valence-electron chi connectivity index (χ4n) is 1.60. The number of carbonyl (C=O) groups excluding carboxylic acids is 1. The van der Waals surface area contributed by atoms with Crippen LogP contribution in [0, 0.1) is 0 Å². The molecule has 2 amide bonds. The summed E-state index contributed by atoms with van der Waals surface area (Å²) in [5.74, 6) is -1.10. The van der Waals surface area contributed by atoms with Crippen LogP contribution in [-0.4, -0.2) is 43.6 Å².